The molecule has 0 amide bonds. The first-order valence-electron chi connectivity index (χ1n) is 7.48. The summed E-state index contributed by atoms with van der Waals surface area (Å²) in [6, 6.07) is 19.3. The highest BCUT2D eigenvalue weighted by atomic mass is 16.5. The highest BCUT2D eigenvalue weighted by molar-refractivity contribution is 6.00. The van der Waals surface area contributed by atoms with E-state index in [0.29, 0.717) is 12.1 Å². The van der Waals surface area contributed by atoms with Crippen molar-refractivity contribution in [2.75, 3.05) is 0 Å². The van der Waals surface area contributed by atoms with Crippen molar-refractivity contribution in [1.29, 1.82) is 0 Å². The molecule has 116 valence electrons. The molecule has 0 unspecified atom stereocenters. The smallest absolute Gasteiger partial charge is 0.331 e. The van der Waals surface area contributed by atoms with E-state index in [4.69, 9.17) is 4.74 Å². The molecule has 0 bridgehead atoms. The molecule has 0 radical (unpaired) electrons. The van der Waals surface area contributed by atoms with Gasteiger partial charge in [-0.2, -0.15) is 0 Å². The molecule has 0 saturated heterocycles. The van der Waals surface area contributed by atoms with Gasteiger partial charge in [0.1, 0.15) is 6.10 Å². The van der Waals surface area contributed by atoms with E-state index in [-0.39, 0.29) is 18.0 Å². The summed E-state index contributed by atoms with van der Waals surface area (Å²) < 4.78 is 5.37. The zero-order valence-corrected chi connectivity index (χ0v) is 12.5. The fourth-order valence-electron chi connectivity index (χ4n) is 2.78. The molecule has 0 aromatic heterocycles. The van der Waals surface area contributed by atoms with Gasteiger partial charge < -0.3 is 9.94 Å². The maximum atomic E-state index is 11.4. The average Bonchev–Trinajstić information content (AvgIpc) is 3.03. The van der Waals surface area contributed by atoms with Gasteiger partial charge in [-0.3, -0.25) is 0 Å². The molecule has 2 aromatic rings. The normalized spacial score (nSPS) is 18.7. The summed E-state index contributed by atoms with van der Waals surface area (Å²) in [5, 5.41) is 12.9. The number of rotatable bonds is 5. The minimum Gasteiger partial charge on any atom is -0.454 e. The summed E-state index contributed by atoms with van der Waals surface area (Å²) in [6.45, 7) is 0. The number of esters is 1. The van der Waals surface area contributed by atoms with Crippen LogP contribution in [0.1, 0.15) is 23.5 Å². The van der Waals surface area contributed by atoms with E-state index in [1.807, 2.05) is 60.7 Å². The average molecular weight is 307 g/mol. The Morgan fingerprint density at radius 1 is 1.09 bits per heavy atom. The summed E-state index contributed by atoms with van der Waals surface area (Å²) in [4.78, 5) is 11.4. The van der Waals surface area contributed by atoms with E-state index in [9.17, 15) is 10.0 Å². The highest BCUT2D eigenvalue weighted by Gasteiger charge is 2.29. The number of oxime groups is 1. The largest absolute Gasteiger partial charge is 0.454 e. The van der Waals surface area contributed by atoms with Crippen molar-refractivity contribution in [1.82, 2.24) is 0 Å². The lowest BCUT2D eigenvalue weighted by atomic mass is 9.87. The fraction of sp³-hybridized carbons (Fsp3) is 0.158. The summed E-state index contributed by atoms with van der Waals surface area (Å²) in [7, 11) is 0. The van der Waals surface area contributed by atoms with Gasteiger partial charge in [-0.05, 0) is 17.2 Å². The fourth-order valence-corrected chi connectivity index (χ4v) is 2.78. The lowest BCUT2D eigenvalue weighted by Crippen LogP contribution is -2.22. The van der Waals surface area contributed by atoms with Crippen molar-refractivity contribution in [3.8, 4) is 0 Å². The topological polar surface area (TPSA) is 58.9 Å². The van der Waals surface area contributed by atoms with Crippen LogP contribution in [0.2, 0.25) is 0 Å². The van der Waals surface area contributed by atoms with E-state index in [1.54, 1.807) is 6.08 Å². The first-order valence-corrected chi connectivity index (χ1v) is 7.48. The SMILES string of the molecule is O=C1C=C[C@@H]([C@@H](C/C(=N\O)c2ccccc2)c2ccccc2)O1. The molecule has 1 N–H and O–H groups in total. The van der Waals surface area contributed by atoms with E-state index in [1.165, 1.54) is 6.08 Å². The maximum Gasteiger partial charge on any atom is 0.331 e. The third-order valence-corrected chi connectivity index (χ3v) is 3.94. The molecule has 0 spiro atoms. The second-order valence-electron chi connectivity index (χ2n) is 5.39. The van der Waals surface area contributed by atoms with Crippen LogP contribution in [-0.2, 0) is 9.53 Å². The van der Waals surface area contributed by atoms with Crippen LogP contribution in [0.4, 0.5) is 0 Å². The van der Waals surface area contributed by atoms with Crippen LogP contribution in [-0.4, -0.2) is 23.0 Å². The Balaban J connectivity index is 1.90. The van der Waals surface area contributed by atoms with Crippen molar-refractivity contribution < 1.29 is 14.7 Å². The molecule has 1 heterocycles. The minimum absolute atomic E-state index is 0.106. The Hall–Kier alpha value is -2.88. The second-order valence-corrected chi connectivity index (χ2v) is 5.39. The number of nitrogens with zero attached hydrogens (tertiary/aromatic N) is 1. The molecule has 1 aliphatic heterocycles. The molecule has 2 aromatic carbocycles. The first kappa shape index (κ1) is 15.0. The van der Waals surface area contributed by atoms with Crippen molar-refractivity contribution >= 4 is 11.7 Å². The number of benzene rings is 2. The Kier molecular flexibility index (Phi) is 4.52. The van der Waals surface area contributed by atoms with Gasteiger partial charge in [-0.1, -0.05) is 65.8 Å². The van der Waals surface area contributed by atoms with E-state index in [2.05, 4.69) is 5.16 Å². The summed E-state index contributed by atoms with van der Waals surface area (Å²) in [5.41, 5.74) is 2.45. The van der Waals surface area contributed by atoms with Gasteiger partial charge in [-0.25, -0.2) is 4.79 Å². The Labute approximate surface area is 134 Å². The molecular formula is C19H17NO3. The number of ether oxygens (including phenoxy) is 1. The number of hydrogen-bond acceptors (Lipinski definition) is 4. The number of hydrogen-bond donors (Lipinski definition) is 1. The van der Waals surface area contributed by atoms with Crippen LogP contribution in [0.3, 0.4) is 0 Å². The molecule has 1 aliphatic rings. The molecule has 0 saturated carbocycles. The van der Waals surface area contributed by atoms with E-state index in [0.717, 1.165) is 11.1 Å². The minimum atomic E-state index is -0.356. The van der Waals surface area contributed by atoms with Crippen molar-refractivity contribution in [3.63, 3.8) is 0 Å². The molecule has 4 nitrogen and oxygen atoms in total. The quantitative estimate of drug-likeness (QED) is 0.398. The van der Waals surface area contributed by atoms with Gasteiger partial charge in [0.2, 0.25) is 0 Å². The van der Waals surface area contributed by atoms with Crippen molar-refractivity contribution in [2.24, 2.45) is 5.16 Å². The van der Waals surface area contributed by atoms with Gasteiger partial charge in [0.15, 0.2) is 0 Å². The van der Waals surface area contributed by atoms with E-state index >= 15 is 0 Å². The molecule has 3 rings (SSSR count). The van der Waals surface area contributed by atoms with Crippen LogP contribution in [0.5, 0.6) is 0 Å². The lowest BCUT2D eigenvalue weighted by Gasteiger charge is -2.22. The van der Waals surface area contributed by atoms with Crippen LogP contribution < -0.4 is 0 Å². The third-order valence-electron chi connectivity index (χ3n) is 3.94. The van der Waals surface area contributed by atoms with Crippen LogP contribution in [0, 0.1) is 0 Å². The van der Waals surface area contributed by atoms with Crippen LogP contribution in [0.25, 0.3) is 0 Å². The third kappa shape index (κ3) is 3.48. The predicted octanol–water partition coefficient (Wildman–Crippen LogP) is 3.52. The van der Waals surface area contributed by atoms with Crippen molar-refractivity contribution in [2.45, 2.75) is 18.4 Å². The Bertz CT molecular complexity index is 723. The summed E-state index contributed by atoms with van der Waals surface area (Å²) >= 11 is 0. The molecule has 4 heteroatoms. The summed E-state index contributed by atoms with van der Waals surface area (Å²) in [5.74, 6) is -0.442. The predicted molar refractivity (Wildman–Crippen MR) is 87.6 cm³/mol. The summed E-state index contributed by atoms with van der Waals surface area (Å²) in [6.07, 6.45) is 3.32. The standard InChI is InChI=1S/C19H17NO3/c21-19-12-11-18(23-19)16(14-7-3-1-4-8-14)13-17(20-22)15-9-5-2-6-10-15/h1-12,16,18,22H,13H2/b20-17+/t16-,18-/m0/s1. The van der Waals surface area contributed by atoms with Gasteiger partial charge in [0.05, 0.1) is 5.71 Å². The molecule has 2 atom stereocenters. The van der Waals surface area contributed by atoms with Gasteiger partial charge >= 0.3 is 5.97 Å². The van der Waals surface area contributed by atoms with Crippen LogP contribution >= 0.6 is 0 Å². The highest BCUT2D eigenvalue weighted by Crippen LogP contribution is 2.30. The van der Waals surface area contributed by atoms with Crippen LogP contribution in [0.15, 0.2) is 78.0 Å². The van der Waals surface area contributed by atoms with Gasteiger partial charge in [0.25, 0.3) is 0 Å². The molecular weight excluding hydrogens is 290 g/mol. The number of cyclic esters (lactones) is 1. The maximum absolute atomic E-state index is 11.4. The molecule has 0 fully saturated rings. The van der Waals surface area contributed by atoms with Gasteiger partial charge in [-0.15, -0.1) is 0 Å². The number of carbonyl (C=O) groups excluding carboxylic acids is 1. The first-order chi connectivity index (χ1) is 11.3. The Morgan fingerprint density at radius 3 is 2.30 bits per heavy atom. The van der Waals surface area contributed by atoms with E-state index < -0.39 is 0 Å². The molecule has 0 aliphatic carbocycles. The monoisotopic (exact) mass is 307 g/mol. The molecule has 23 heavy (non-hydrogen) atoms. The second kappa shape index (κ2) is 6.92. The lowest BCUT2D eigenvalue weighted by molar-refractivity contribution is -0.139. The number of carbonyl (C=O) groups is 1. The zero-order chi connectivity index (χ0) is 16.1. The van der Waals surface area contributed by atoms with Crippen molar-refractivity contribution in [3.05, 3.63) is 83.9 Å². The van der Waals surface area contributed by atoms with Gasteiger partial charge in [0, 0.05) is 18.4 Å². The zero-order valence-electron chi connectivity index (χ0n) is 12.5. The Morgan fingerprint density at radius 2 is 1.74 bits per heavy atom.